The lowest BCUT2D eigenvalue weighted by Crippen LogP contribution is -2.14. The van der Waals surface area contributed by atoms with Crippen molar-refractivity contribution in [2.75, 3.05) is 5.32 Å². The van der Waals surface area contributed by atoms with Gasteiger partial charge in [-0.25, -0.2) is 9.97 Å². The van der Waals surface area contributed by atoms with Gasteiger partial charge in [0, 0.05) is 18.5 Å². The van der Waals surface area contributed by atoms with Gasteiger partial charge in [-0.1, -0.05) is 0 Å². The molecule has 10 nitrogen and oxygen atoms in total. The van der Waals surface area contributed by atoms with Crippen molar-refractivity contribution < 1.29 is 4.92 Å². The average Bonchev–Trinajstić information content (AvgIpc) is 3.01. The summed E-state index contributed by atoms with van der Waals surface area (Å²) >= 11 is 0. The van der Waals surface area contributed by atoms with Crippen molar-refractivity contribution in [3.63, 3.8) is 0 Å². The largest absolute Gasteiger partial charge is 0.317 e. The summed E-state index contributed by atoms with van der Waals surface area (Å²) < 4.78 is 1.46. The zero-order valence-corrected chi connectivity index (χ0v) is 10.8. The first-order valence-electron chi connectivity index (χ1n) is 5.96. The molecule has 0 aliphatic heterocycles. The van der Waals surface area contributed by atoms with Crippen molar-refractivity contribution in [3.05, 3.63) is 51.3 Å². The van der Waals surface area contributed by atoms with Crippen molar-refractivity contribution in [2.45, 2.75) is 0 Å². The van der Waals surface area contributed by atoms with Crippen molar-refractivity contribution in [3.8, 4) is 11.9 Å². The van der Waals surface area contributed by atoms with Crippen molar-refractivity contribution in [1.29, 1.82) is 5.26 Å². The molecule has 0 unspecified atom stereocenters. The Labute approximate surface area is 121 Å². The summed E-state index contributed by atoms with van der Waals surface area (Å²) in [6, 6.07) is 2.66. The molecule has 2 N–H and O–H groups in total. The SMILES string of the molecule is N#CNc1nc2cc(-n3ccnc3)c([N+](=O)[O-])cc2[nH]c1=O. The Morgan fingerprint density at radius 1 is 1.45 bits per heavy atom. The second-order valence-corrected chi connectivity index (χ2v) is 4.24. The predicted molar refractivity (Wildman–Crippen MR) is 75.4 cm³/mol. The number of nitro benzene ring substituents is 1. The number of aromatic nitrogens is 4. The minimum Gasteiger partial charge on any atom is -0.317 e. The predicted octanol–water partition coefficient (Wildman–Crippen LogP) is 0.910. The number of fused-ring (bicyclic) bond motifs is 1. The van der Waals surface area contributed by atoms with Gasteiger partial charge < -0.3 is 9.55 Å². The lowest BCUT2D eigenvalue weighted by Gasteiger charge is -2.06. The van der Waals surface area contributed by atoms with Gasteiger partial charge in [0.25, 0.3) is 11.2 Å². The van der Waals surface area contributed by atoms with Crippen molar-refractivity contribution in [2.24, 2.45) is 0 Å². The second-order valence-electron chi connectivity index (χ2n) is 4.24. The van der Waals surface area contributed by atoms with E-state index in [4.69, 9.17) is 5.26 Å². The molecular weight excluding hydrogens is 290 g/mol. The summed E-state index contributed by atoms with van der Waals surface area (Å²) in [7, 11) is 0. The van der Waals surface area contributed by atoms with Gasteiger partial charge in [0.1, 0.15) is 5.69 Å². The van der Waals surface area contributed by atoms with Crippen LogP contribution in [0.2, 0.25) is 0 Å². The fraction of sp³-hybridized carbons (Fsp3) is 0. The minimum absolute atomic E-state index is 0.180. The topological polar surface area (TPSA) is 143 Å². The maximum absolute atomic E-state index is 11.7. The highest BCUT2D eigenvalue weighted by Gasteiger charge is 2.18. The van der Waals surface area contributed by atoms with E-state index in [1.54, 1.807) is 12.4 Å². The monoisotopic (exact) mass is 297 g/mol. The Hall–Kier alpha value is -3.74. The minimum atomic E-state index is -0.640. The first-order chi connectivity index (χ1) is 10.6. The third-order valence-electron chi connectivity index (χ3n) is 2.94. The maximum atomic E-state index is 11.7. The van der Waals surface area contributed by atoms with Crippen LogP contribution in [0.5, 0.6) is 0 Å². The summed E-state index contributed by atoms with van der Waals surface area (Å²) in [5.41, 5.74) is -0.101. The molecule has 0 saturated carbocycles. The molecule has 0 saturated heterocycles. The number of nitrogens with one attached hydrogen (secondary N) is 2. The van der Waals surface area contributed by atoms with Crippen LogP contribution >= 0.6 is 0 Å². The smallest absolute Gasteiger partial charge is 0.295 e. The number of benzene rings is 1. The van der Waals surface area contributed by atoms with E-state index in [2.05, 4.69) is 20.3 Å². The highest BCUT2D eigenvalue weighted by molar-refractivity contribution is 5.82. The molecule has 3 rings (SSSR count). The Balaban J connectivity index is 2.32. The molecule has 2 aromatic heterocycles. The quantitative estimate of drug-likeness (QED) is 0.316. The second kappa shape index (κ2) is 4.98. The average molecular weight is 297 g/mol. The Kier molecular flexibility index (Phi) is 3.00. The van der Waals surface area contributed by atoms with Gasteiger partial charge in [-0.05, 0) is 6.07 Å². The first-order valence-corrected chi connectivity index (χ1v) is 5.96. The molecule has 3 aromatic rings. The molecule has 0 fully saturated rings. The number of anilines is 1. The zero-order chi connectivity index (χ0) is 15.7. The number of nitrogens with zero attached hydrogens (tertiary/aromatic N) is 5. The lowest BCUT2D eigenvalue weighted by atomic mass is 10.2. The molecule has 0 radical (unpaired) electrons. The summed E-state index contributed by atoms with van der Waals surface area (Å²) in [4.78, 5) is 32.7. The van der Waals surface area contributed by atoms with Crippen LogP contribution in [0.4, 0.5) is 11.5 Å². The van der Waals surface area contributed by atoms with Gasteiger partial charge in [0.2, 0.25) is 5.82 Å². The molecule has 2 heterocycles. The van der Waals surface area contributed by atoms with Crippen LogP contribution in [0.3, 0.4) is 0 Å². The molecule has 1 aromatic carbocycles. The molecule has 22 heavy (non-hydrogen) atoms. The van der Waals surface area contributed by atoms with Gasteiger partial charge >= 0.3 is 0 Å². The van der Waals surface area contributed by atoms with Gasteiger partial charge in [-0.2, -0.15) is 5.26 Å². The van der Waals surface area contributed by atoms with E-state index in [0.717, 1.165) is 0 Å². The van der Waals surface area contributed by atoms with E-state index in [1.807, 2.05) is 0 Å². The number of nitriles is 1. The van der Waals surface area contributed by atoms with Crippen LogP contribution in [0, 0.1) is 21.6 Å². The zero-order valence-electron chi connectivity index (χ0n) is 10.8. The van der Waals surface area contributed by atoms with Crippen molar-refractivity contribution in [1.82, 2.24) is 19.5 Å². The fourth-order valence-electron chi connectivity index (χ4n) is 2.00. The van der Waals surface area contributed by atoms with Crippen LogP contribution < -0.4 is 10.9 Å². The van der Waals surface area contributed by atoms with Gasteiger partial charge in [-0.3, -0.25) is 20.2 Å². The fourth-order valence-corrected chi connectivity index (χ4v) is 2.00. The molecule has 108 valence electrons. The maximum Gasteiger partial charge on any atom is 0.295 e. The van der Waals surface area contributed by atoms with Crippen molar-refractivity contribution >= 4 is 22.5 Å². The van der Waals surface area contributed by atoms with Crippen LogP contribution in [0.1, 0.15) is 0 Å². The Bertz CT molecular complexity index is 969. The number of nitro groups is 1. The molecule has 0 bridgehead atoms. The van der Waals surface area contributed by atoms with Gasteiger partial charge in [-0.15, -0.1) is 0 Å². The Morgan fingerprint density at radius 3 is 2.91 bits per heavy atom. The van der Waals surface area contributed by atoms with Crippen LogP contribution in [-0.4, -0.2) is 24.4 Å². The summed E-state index contributed by atoms with van der Waals surface area (Å²) in [6.07, 6.45) is 6.05. The number of H-pyrrole nitrogens is 1. The number of imidazole rings is 1. The van der Waals surface area contributed by atoms with E-state index in [1.165, 1.54) is 29.2 Å². The number of rotatable bonds is 3. The molecule has 0 aliphatic rings. The molecule has 0 amide bonds. The lowest BCUT2D eigenvalue weighted by molar-refractivity contribution is -0.384. The van der Waals surface area contributed by atoms with Crippen LogP contribution in [0.15, 0.2) is 35.6 Å². The summed E-state index contributed by atoms with van der Waals surface area (Å²) in [6.45, 7) is 0. The molecule has 0 spiro atoms. The number of hydrogen-bond acceptors (Lipinski definition) is 7. The van der Waals surface area contributed by atoms with Crippen LogP contribution in [0.25, 0.3) is 16.7 Å². The summed E-state index contributed by atoms with van der Waals surface area (Å²) in [5, 5.41) is 22.0. The van der Waals surface area contributed by atoms with Gasteiger partial charge in [0.15, 0.2) is 6.19 Å². The highest BCUT2D eigenvalue weighted by atomic mass is 16.6. The van der Waals surface area contributed by atoms with E-state index >= 15 is 0 Å². The summed E-state index contributed by atoms with van der Waals surface area (Å²) in [5.74, 6) is -0.180. The van der Waals surface area contributed by atoms with Crippen LogP contribution in [-0.2, 0) is 0 Å². The molecule has 0 aliphatic carbocycles. The first kappa shape index (κ1) is 13.3. The van der Waals surface area contributed by atoms with E-state index < -0.39 is 10.5 Å². The normalized spacial score (nSPS) is 10.3. The Morgan fingerprint density at radius 2 is 2.27 bits per heavy atom. The molecular formula is C12H7N7O3. The number of aromatic amines is 1. The third kappa shape index (κ3) is 2.12. The molecule has 0 atom stereocenters. The van der Waals surface area contributed by atoms with E-state index in [0.29, 0.717) is 5.52 Å². The van der Waals surface area contributed by atoms with E-state index in [-0.39, 0.29) is 22.7 Å². The highest BCUT2D eigenvalue weighted by Crippen LogP contribution is 2.27. The third-order valence-corrected chi connectivity index (χ3v) is 2.94. The van der Waals surface area contributed by atoms with Gasteiger partial charge in [0.05, 0.1) is 22.3 Å². The standard InChI is InChI=1S/C12H7N7O3/c13-5-15-11-12(20)17-8-4-10(19(21)22)9(3-7(8)16-11)18-2-1-14-6-18/h1-4,6H,(H,15,16)(H,17,20). The number of hydrogen-bond donors (Lipinski definition) is 2. The molecule has 10 heteroatoms. The van der Waals surface area contributed by atoms with E-state index in [9.17, 15) is 14.9 Å².